The molecule has 2 aromatic rings. The minimum Gasteiger partial charge on any atom is -0.493 e. The predicted octanol–water partition coefficient (Wildman–Crippen LogP) is 3.12. The van der Waals surface area contributed by atoms with Gasteiger partial charge >= 0.3 is 12.1 Å². The highest BCUT2D eigenvalue weighted by Gasteiger charge is 2.37. The highest BCUT2D eigenvalue weighted by molar-refractivity contribution is 5.75. The molecule has 9 heteroatoms. The van der Waals surface area contributed by atoms with Crippen molar-refractivity contribution in [2.24, 2.45) is 11.8 Å². The smallest absolute Gasteiger partial charge is 0.415 e. The van der Waals surface area contributed by atoms with E-state index in [1.165, 1.54) is 7.11 Å². The molecule has 2 aromatic carbocycles. The zero-order valence-electron chi connectivity index (χ0n) is 20.3. The zero-order chi connectivity index (χ0) is 24.8. The first-order valence-corrected chi connectivity index (χ1v) is 11.6. The second kappa shape index (κ2) is 11.3. The number of ether oxygens (including phenoxy) is 6. The van der Waals surface area contributed by atoms with Crippen molar-refractivity contribution in [1.82, 2.24) is 4.90 Å². The molecule has 0 aromatic heterocycles. The van der Waals surface area contributed by atoms with Crippen molar-refractivity contribution in [2.75, 3.05) is 54.2 Å². The van der Waals surface area contributed by atoms with Crippen LogP contribution in [-0.2, 0) is 27.1 Å². The number of hydrogen-bond acceptors (Lipinski definition) is 8. The summed E-state index contributed by atoms with van der Waals surface area (Å²) in [5.74, 6) is 1.60. The van der Waals surface area contributed by atoms with Crippen molar-refractivity contribution < 1.29 is 38.0 Å². The van der Waals surface area contributed by atoms with Gasteiger partial charge in [0.05, 0.1) is 47.1 Å². The van der Waals surface area contributed by atoms with Crippen LogP contribution in [-0.4, -0.2) is 71.2 Å². The molecule has 0 radical (unpaired) electrons. The fourth-order valence-corrected chi connectivity index (χ4v) is 4.45. The lowest BCUT2D eigenvalue weighted by Gasteiger charge is -2.26. The van der Waals surface area contributed by atoms with E-state index >= 15 is 0 Å². The highest BCUT2D eigenvalue weighted by atomic mass is 16.6. The van der Waals surface area contributed by atoms with Crippen molar-refractivity contribution in [1.29, 1.82) is 0 Å². The molecule has 2 fully saturated rings. The molecule has 188 valence electrons. The van der Waals surface area contributed by atoms with Crippen molar-refractivity contribution in [3.63, 3.8) is 0 Å². The van der Waals surface area contributed by atoms with Gasteiger partial charge in [-0.1, -0.05) is 12.1 Å². The summed E-state index contributed by atoms with van der Waals surface area (Å²) in [5.41, 5.74) is 1.94. The van der Waals surface area contributed by atoms with Crippen molar-refractivity contribution in [3.8, 4) is 23.0 Å². The van der Waals surface area contributed by atoms with Crippen LogP contribution in [0, 0.1) is 11.8 Å². The molecule has 2 aliphatic rings. The fraction of sp³-hybridized carbons (Fsp3) is 0.462. The number of morpholine rings is 1. The number of amides is 1. The lowest BCUT2D eigenvalue weighted by Crippen LogP contribution is -2.42. The van der Waals surface area contributed by atoms with Gasteiger partial charge in [0.1, 0.15) is 0 Å². The summed E-state index contributed by atoms with van der Waals surface area (Å²) in [6.45, 7) is 2.33. The quantitative estimate of drug-likeness (QED) is 0.527. The van der Waals surface area contributed by atoms with Gasteiger partial charge in [-0.05, 0) is 48.2 Å². The Balaban J connectivity index is 1.45. The fourth-order valence-electron chi connectivity index (χ4n) is 4.45. The summed E-state index contributed by atoms with van der Waals surface area (Å²) in [5, 5.41) is 0. The van der Waals surface area contributed by atoms with Crippen LogP contribution in [0.3, 0.4) is 0 Å². The Morgan fingerprint density at radius 3 is 2.14 bits per heavy atom. The summed E-state index contributed by atoms with van der Waals surface area (Å²) in [6, 6.07) is 11.1. The van der Waals surface area contributed by atoms with E-state index in [-0.39, 0.29) is 17.8 Å². The Morgan fingerprint density at radius 1 is 0.886 bits per heavy atom. The number of methoxy groups -OCH3 is 3. The zero-order valence-corrected chi connectivity index (χ0v) is 20.3. The average Bonchev–Trinajstić information content (AvgIpc) is 3.23. The number of cyclic esters (lactones) is 1. The molecule has 2 atom stereocenters. The molecule has 35 heavy (non-hydrogen) atoms. The summed E-state index contributed by atoms with van der Waals surface area (Å²) in [4.78, 5) is 26.6. The molecule has 0 unspecified atom stereocenters. The van der Waals surface area contributed by atoms with E-state index in [1.54, 1.807) is 31.3 Å². The second-order valence-electron chi connectivity index (χ2n) is 8.55. The second-order valence-corrected chi connectivity index (χ2v) is 8.55. The van der Waals surface area contributed by atoms with E-state index in [0.717, 1.165) is 11.1 Å². The summed E-state index contributed by atoms with van der Waals surface area (Å²) in [7, 11) is 4.72. The third kappa shape index (κ3) is 5.79. The molecular weight excluding hydrogens is 454 g/mol. The monoisotopic (exact) mass is 485 g/mol. The molecule has 0 bridgehead atoms. The van der Waals surface area contributed by atoms with Crippen molar-refractivity contribution in [2.45, 2.75) is 12.8 Å². The Kier molecular flexibility index (Phi) is 7.97. The molecule has 0 spiro atoms. The van der Waals surface area contributed by atoms with Crippen LogP contribution in [0.15, 0.2) is 36.4 Å². The van der Waals surface area contributed by atoms with Crippen LogP contribution in [0.4, 0.5) is 4.79 Å². The molecule has 4 rings (SSSR count). The molecule has 2 aliphatic heterocycles. The molecule has 0 N–H and O–H groups in total. The Labute approximate surface area is 204 Å². The van der Waals surface area contributed by atoms with E-state index < -0.39 is 6.09 Å². The summed E-state index contributed by atoms with van der Waals surface area (Å²) < 4.78 is 32.4. The minimum absolute atomic E-state index is 0.0189. The minimum atomic E-state index is -0.436. The number of benzene rings is 2. The van der Waals surface area contributed by atoms with Gasteiger partial charge in [0, 0.05) is 19.0 Å². The van der Waals surface area contributed by atoms with Gasteiger partial charge in [-0.15, -0.1) is 0 Å². The number of nitrogens with zero attached hydrogens (tertiary/aromatic N) is 1. The topological polar surface area (TPSA) is 92.8 Å². The van der Waals surface area contributed by atoms with Gasteiger partial charge < -0.3 is 33.3 Å². The Hall–Kier alpha value is -3.46. The molecule has 0 aliphatic carbocycles. The van der Waals surface area contributed by atoms with Crippen LogP contribution < -0.4 is 18.9 Å². The first-order chi connectivity index (χ1) is 17.0. The Morgan fingerprint density at radius 2 is 1.49 bits per heavy atom. The van der Waals surface area contributed by atoms with Gasteiger partial charge in [0.2, 0.25) is 0 Å². The first-order valence-electron chi connectivity index (χ1n) is 11.6. The van der Waals surface area contributed by atoms with Gasteiger partial charge in [0.25, 0.3) is 0 Å². The number of rotatable bonds is 8. The maximum absolute atomic E-state index is 12.6. The number of carbonyl (C=O) groups is 2. The number of esters is 1. The van der Waals surface area contributed by atoms with Crippen LogP contribution in [0.1, 0.15) is 11.1 Å². The highest BCUT2D eigenvalue weighted by Crippen LogP contribution is 2.35. The van der Waals surface area contributed by atoms with Crippen LogP contribution >= 0.6 is 0 Å². The van der Waals surface area contributed by atoms with E-state index in [4.69, 9.17) is 28.4 Å². The summed E-state index contributed by atoms with van der Waals surface area (Å²) >= 11 is 0. The number of hydrogen-bond donors (Lipinski definition) is 0. The largest absolute Gasteiger partial charge is 0.493 e. The molecule has 2 saturated heterocycles. The standard InChI is InChI=1S/C26H31NO8/c1-30-21-6-4-17(14-23(21)31-2)12-19-16-34-25(28)20(19)13-18-5-7-22(24(15-18)32-3)35-26(29)27-8-10-33-11-9-27/h4-7,14-15,19-20H,8-13,16H2,1-3H3/t19-,20+/m0/s1. The number of carbonyl (C=O) groups excluding carboxylic acids is 2. The average molecular weight is 486 g/mol. The van der Waals surface area contributed by atoms with Crippen LogP contribution in [0.5, 0.6) is 23.0 Å². The lowest BCUT2D eigenvalue weighted by molar-refractivity contribution is -0.141. The lowest BCUT2D eigenvalue weighted by atomic mass is 9.85. The van der Waals surface area contributed by atoms with Crippen LogP contribution in [0.25, 0.3) is 0 Å². The van der Waals surface area contributed by atoms with E-state index in [9.17, 15) is 9.59 Å². The molecule has 1 amide bonds. The SMILES string of the molecule is COc1ccc(C[C@H]2COC(=O)[C@@H]2Cc2ccc(OC(=O)N3CCOCC3)c(OC)c2)cc1OC. The van der Waals surface area contributed by atoms with Crippen LogP contribution in [0.2, 0.25) is 0 Å². The normalized spacial score (nSPS) is 19.7. The third-order valence-corrected chi connectivity index (χ3v) is 6.41. The Bertz CT molecular complexity index is 1050. The van der Waals surface area contributed by atoms with Gasteiger partial charge in [-0.2, -0.15) is 0 Å². The van der Waals surface area contributed by atoms with E-state index in [1.807, 2.05) is 24.3 Å². The van der Waals surface area contributed by atoms with Gasteiger partial charge in [0.15, 0.2) is 23.0 Å². The molecular formula is C26H31NO8. The van der Waals surface area contributed by atoms with Crippen molar-refractivity contribution in [3.05, 3.63) is 47.5 Å². The summed E-state index contributed by atoms with van der Waals surface area (Å²) in [6.07, 6.45) is 0.724. The molecule has 2 heterocycles. The third-order valence-electron chi connectivity index (χ3n) is 6.41. The molecule has 9 nitrogen and oxygen atoms in total. The molecule has 0 saturated carbocycles. The van der Waals surface area contributed by atoms with Gasteiger partial charge in [-0.25, -0.2) is 4.79 Å². The predicted molar refractivity (Wildman–Crippen MR) is 126 cm³/mol. The van der Waals surface area contributed by atoms with Crippen molar-refractivity contribution >= 4 is 12.1 Å². The van der Waals surface area contributed by atoms with E-state index in [2.05, 4.69) is 0 Å². The maximum Gasteiger partial charge on any atom is 0.415 e. The van der Waals surface area contributed by atoms with E-state index in [0.29, 0.717) is 68.7 Å². The first kappa shape index (κ1) is 24.7. The van der Waals surface area contributed by atoms with Gasteiger partial charge in [-0.3, -0.25) is 4.79 Å². The maximum atomic E-state index is 12.6.